The lowest BCUT2D eigenvalue weighted by Crippen LogP contribution is -2.12. The van der Waals surface area contributed by atoms with Crippen LogP contribution in [0.1, 0.15) is 37.3 Å². The summed E-state index contributed by atoms with van der Waals surface area (Å²) >= 11 is 1.58. The van der Waals surface area contributed by atoms with Crippen LogP contribution in [0.4, 0.5) is 5.82 Å². The van der Waals surface area contributed by atoms with Gasteiger partial charge in [0.1, 0.15) is 11.6 Å². The molecule has 1 N–H and O–H groups in total. The van der Waals surface area contributed by atoms with Crippen molar-refractivity contribution in [2.45, 2.75) is 50.7 Å². The Kier molecular flexibility index (Phi) is 4.77. The van der Waals surface area contributed by atoms with E-state index in [-0.39, 0.29) is 5.91 Å². The molecule has 1 aliphatic rings. The van der Waals surface area contributed by atoms with E-state index in [9.17, 15) is 4.79 Å². The maximum Gasteiger partial charge on any atom is 0.226 e. The van der Waals surface area contributed by atoms with Crippen molar-refractivity contribution in [3.05, 3.63) is 17.7 Å². The molecule has 0 saturated carbocycles. The van der Waals surface area contributed by atoms with Gasteiger partial charge in [0.25, 0.3) is 0 Å². The Morgan fingerprint density at radius 1 is 1.41 bits per heavy atom. The Labute approximate surface area is 132 Å². The molecule has 118 valence electrons. The molecule has 0 bridgehead atoms. The highest BCUT2D eigenvalue weighted by molar-refractivity contribution is 7.99. The van der Waals surface area contributed by atoms with Crippen LogP contribution >= 0.6 is 11.8 Å². The number of thioether (sulfide) groups is 1. The number of rotatable bonds is 5. The third-order valence-corrected chi connectivity index (χ3v) is 4.50. The van der Waals surface area contributed by atoms with Crippen LogP contribution in [-0.2, 0) is 17.8 Å². The fourth-order valence-corrected chi connectivity index (χ4v) is 3.35. The van der Waals surface area contributed by atoms with Gasteiger partial charge in [-0.05, 0) is 19.8 Å². The van der Waals surface area contributed by atoms with Crippen molar-refractivity contribution in [3.63, 3.8) is 0 Å². The predicted molar refractivity (Wildman–Crippen MR) is 82.8 cm³/mol. The number of aryl methyl sites for hydroxylation is 2. The zero-order valence-electron chi connectivity index (χ0n) is 12.5. The maximum absolute atomic E-state index is 11.8. The summed E-state index contributed by atoms with van der Waals surface area (Å²) in [6, 6.07) is 1.70. The highest BCUT2D eigenvalue weighted by atomic mass is 32.2. The molecule has 0 fully saturated rings. The Balaban J connectivity index is 1.49. The monoisotopic (exact) mass is 321 g/mol. The summed E-state index contributed by atoms with van der Waals surface area (Å²) < 4.78 is 7.10. The number of fused-ring (bicyclic) bond motifs is 1. The van der Waals surface area contributed by atoms with E-state index in [1.807, 2.05) is 0 Å². The van der Waals surface area contributed by atoms with Crippen molar-refractivity contribution in [1.82, 2.24) is 19.9 Å². The molecule has 2 aromatic rings. The van der Waals surface area contributed by atoms with E-state index in [1.165, 1.54) is 19.3 Å². The van der Waals surface area contributed by atoms with Gasteiger partial charge in [-0.2, -0.15) is 0 Å². The summed E-state index contributed by atoms with van der Waals surface area (Å²) in [6.45, 7) is 2.77. The number of amides is 1. The topological polar surface area (TPSA) is 85.8 Å². The Hall–Kier alpha value is -1.83. The van der Waals surface area contributed by atoms with Crippen molar-refractivity contribution in [2.24, 2.45) is 0 Å². The van der Waals surface area contributed by atoms with Crippen molar-refractivity contribution in [3.8, 4) is 0 Å². The number of nitrogens with zero attached hydrogens (tertiary/aromatic N) is 4. The lowest BCUT2D eigenvalue weighted by atomic mass is 10.2. The maximum atomic E-state index is 11.8. The first-order chi connectivity index (χ1) is 10.7. The minimum absolute atomic E-state index is 0.0728. The number of carbonyl (C=O) groups is 1. The van der Waals surface area contributed by atoms with E-state index in [0.29, 0.717) is 23.8 Å². The average Bonchev–Trinajstić information content (AvgIpc) is 2.98. The standard InChI is InChI=1S/C14H19N5O2S/c1-10-9-11(18-21-10)15-13(20)6-8-22-14-17-16-12-5-3-2-4-7-19(12)14/h9H,2-8H2,1H3,(H,15,18,20). The van der Waals surface area contributed by atoms with Crippen molar-refractivity contribution in [1.29, 1.82) is 0 Å². The average molecular weight is 321 g/mol. The second-order valence-corrected chi connectivity index (χ2v) is 6.39. The number of carbonyl (C=O) groups excluding carboxylic acids is 1. The highest BCUT2D eigenvalue weighted by Gasteiger charge is 2.15. The van der Waals surface area contributed by atoms with Crippen LogP contribution in [0.25, 0.3) is 0 Å². The van der Waals surface area contributed by atoms with E-state index in [2.05, 4.69) is 25.2 Å². The molecule has 1 amide bonds. The second-order valence-electron chi connectivity index (χ2n) is 5.33. The van der Waals surface area contributed by atoms with Crippen molar-refractivity contribution >= 4 is 23.5 Å². The molecule has 2 aromatic heterocycles. The van der Waals surface area contributed by atoms with Gasteiger partial charge >= 0.3 is 0 Å². The zero-order valence-corrected chi connectivity index (χ0v) is 13.4. The third kappa shape index (κ3) is 3.68. The van der Waals surface area contributed by atoms with Gasteiger partial charge in [-0.25, -0.2) is 0 Å². The van der Waals surface area contributed by atoms with Crippen LogP contribution in [0, 0.1) is 6.92 Å². The molecule has 7 nitrogen and oxygen atoms in total. The SMILES string of the molecule is Cc1cc(NC(=O)CCSc2nnc3n2CCCCC3)no1. The summed E-state index contributed by atoms with van der Waals surface area (Å²) in [5.74, 6) is 2.81. The van der Waals surface area contributed by atoms with Gasteiger partial charge in [-0.1, -0.05) is 23.3 Å². The molecule has 0 atom stereocenters. The Morgan fingerprint density at radius 3 is 3.14 bits per heavy atom. The van der Waals surface area contributed by atoms with E-state index < -0.39 is 0 Å². The molecule has 8 heteroatoms. The van der Waals surface area contributed by atoms with Gasteiger partial charge in [-0.15, -0.1) is 10.2 Å². The summed E-state index contributed by atoms with van der Waals surface area (Å²) in [6.07, 6.45) is 5.00. The molecular formula is C14H19N5O2S. The summed E-state index contributed by atoms with van der Waals surface area (Å²) in [5.41, 5.74) is 0. The third-order valence-electron chi connectivity index (χ3n) is 3.53. The highest BCUT2D eigenvalue weighted by Crippen LogP contribution is 2.22. The minimum Gasteiger partial charge on any atom is -0.360 e. The fraction of sp³-hybridized carbons (Fsp3) is 0.571. The molecule has 3 heterocycles. The molecule has 3 rings (SSSR count). The smallest absolute Gasteiger partial charge is 0.226 e. The molecule has 0 radical (unpaired) electrons. The van der Waals surface area contributed by atoms with Gasteiger partial charge in [-0.3, -0.25) is 4.79 Å². The van der Waals surface area contributed by atoms with Crippen molar-refractivity contribution < 1.29 is 9.32 Å². The van der Waals surface area contributed by atoms with Gasteiger partial charge in [0.15, 0.2) is 11.0 Å². The lowest BCUT2D eigenvalue weighted by molar-refractivity contribution is -0.115. The number of hydrogen-bond donors (Lipinski definition) is 1. The number of hydrogen-bond acceptors (Lipinski definition) is 6. The quantitative estimate of drug-likeness (QED) is 0.851. The lowest BCUT2D eigenvalue weighted by Gasteiger charge is -2.06. The minimum atomic E-state index is -0.0728. The predicted octanol–water partition coefficient (Wildman–Crippen LogP) is 2.42. The van der Waals surface area contributed by atoms with Crippen LogP contribution < -0.4 is 5.32 Å². The Bertz CT molecular complexity index is 651. The van der Waals surface area contributed by atoms with Crippen LogP contribution in [0.5, 0.6) is 0 Å². The van der Waals surface area contributed by atoms with E-state index in [4.69, 9.17) is 4.52 Å². The fourth-order valence-electron chi connectivity index (χ4n) is 2.43. The van der Waals surface area contributed by atoms with Crippen LogP contribution in [-0.4, -0.2) is 31.6 Å². The molecule has 0 spiro atoms. The van der Waals surface area contributed by atoms with E-state index >= 15 is 0 Å². The van der Waals surface area contributed by atoms with Crippen LogP contribution in [0.3, 0.4) is 0 Å². The van der Waals surface area contributed by atoms with E-state index in [0.717, 1.165) is 23.9 Å². The number of nitrogens with one attached hydrogen (secondary N) is 1. The summed E-state index contributed by atoms with van der Waals surface area (Å²) in [4.78, 5) is 11.8. The number of anilines is 1. The van der Waals surface area contributed by atoms with Gasteiger partial charge in [0.05, 0.1) is 0 Å². The molecule has 0 saturated heterocycles. The number of aromatic nitrogens is 4. The second kappa shape index (κ2) is 6.95. The largest absolute Gasteiger partial charge is 0.360 e. The zero-order chi connectivity index (χ0) is 15.4. The van der Waals surface area contributed by atoms with Gasteiger partial charge in [0.2, 0.25) is 5.91 Å². The molecule has 0 unspecified atom stereocenters. The first-order valence-electron chi connectivity index (χ1n) is 7.50. The molecule has 22 heavy (non-hydrogen) atoms. The summed E-state index contributed by atoms with van der Waals surface area (Å²) in [7, 11) is 0. The first-order valence-corrected chi connectivity index (χ1v) is 8.49. The molecular weight excluding hydrogens is 302 g/mol. The van der Waals surface area contributed by atoms with Crippen molar-refractivity contribution in [2.75, 3.05) is 11.1 Å². The van der Waals surface area contributed by atoms with E-state index in [1.54, 1.807) is 24.8 Å². The molecule has 0 aromatic carbocycles. The van der Waals surface area contributed by atoms with Crippen LogP contribution in [0.2, 0.25) is 0 Å². The summed E-state index contributed by atoms with van der Waals surface area (Å²) in [5, 5.41) is 15.9. The first kappa shape index (κ1) is 15.1. The van der Waals surface area contributed by atoms with Crippen LogP contribution in [0.15, 0.2) is 15.7 Å². The van der Waals surface area contributed by atoms with Gasteiger partial charge < -0.3 is 14.4 Å². The Morgan fingerprint density at radius 2 is 2.32 bits per heavy atom. The normalized spacial score (nSPS) is 14.4. The molecule has 1 aliphatic heterocycles. The molecule has 0 aliphatic carbocycles. The van der Waals surface area contributed by atoms with Gasteiger partial charge in [0, 0.05) is 31.2 Å².